The molecule has 2 aromatic carbocycles. The molecule has 1 aliphatic rings. The number of ether oxygens (including phenoxy) is 1. The topological polar surface area (TPSA) is 49.9 Å². The Morgan fingerprint density at radius 3 is 2.71 bits per heavy atom. The third-order valence-corrected chi connectivity index (χ3v) is 7.76. The summed E-state index contributed by atoms with van der Waals surface area (Å²) in [6, 6.07) is 10.7. The van der Waals surface area contributed by atoms with Gasteiger partial charge in [-0.15, -0.1) is 11.8 Å². The van der Waals surface area contributed by atoms with Crippen LogP contribution in [0, 0.1) is 6.92 Å². The van der Waals surface area contributed by atoms with Gasteiger partial charge in [0, 0.05) is 29.8 Å². The second kappa shape index (κ2) is 8.95. The number of halogens is 1. The quantitative estimate of drug-likeness (QED) is 0.601. The molecule has 1 heterocycles. The van der Waals surface area contributed by atoms with E-state index in [9.17, 15) is 8.42 Å². The fourth-order valence-corrected chi connectivity index (χ4v) is 6.22. The molecule has 0 unspecified atom stereocenters. The molecule has 0 aliphatic carbocycles. The zero-order valence-corrected chi connectivity index (χ0v) is 18.7. The van der Waals surface area contributed by atoms with E-state index >= 15 is 0 Å². The SMILES string of the molecule is Cc1ccc(S(=O)(=O)N2CCSc3ccc(OCCCN(C)C)cc32)c(Cl)c1. The number of thioether (sulfide) groups is 1. The average Bonchev–Trinajstić information content (AvgIpc) is 2.64. The van der Waals surface area contributed by atoms with Gasteiger partial charge in [-0.25, -0.2) is 8.42 Å². The van der Waals surface area contributed by atoms with Crippen LogP contribution in [-0.2, 0) is 10.0 Å². The molecule has 8 heteroatoms. The maximum absolute atomic E-state index is 13.3. The van der Waals surface area contributed by atoms with Crippen LogP contribution < -0.4 is 9.04 Å². The first-order valence-electron chi connectivity index (χ1n) is 9.12. The predicted octanol–water partition coefficient (Wildman–Crippen LogP) is 4.28. The van der Waals surface area contributed by atoms with Gasteiger partial charge in [0.2, 0.25) is 0 Å². The lowest BCUT2D eigenvalue weighted by atomic mass is 10.2. The number of hydrogen-bond acceptors (Lipinski definition) is 5. The molecule has 1 aliphatic heterocycles. The maximum Gasteiger partial charge on any atom is 0.265 e. The van der Waals surface area contributed by atoms with Crippen LogP contribution in [-0.4, -0.2) is 52.9 Å². The standard InChI is InChI=1S/C20H25ClN2O3S2/c1-15-5-8-20(17(21)13-15)28(24,25)23-10-12-27-19-7-6-16(14-18(19)23)26-11-4-9-22(2)3/h5-8,13-14H,4,9-12H2,1-3H3. The molecule has 2 aromatic rings. The fourth-order valence-electron chi connectivity index (χ4n) is 3.02. The zero-order valence-electron chi connectivity index (χ0n) is 16.3. The minimum atomic E-state index is -3.75. The van der Waals surface area contributed by atoms with E-state index in [1.165, 1.54) is 4.31 Å². The number of aryl methyl sites for hydroxylation is 1. The Morgan fingerprint density at radius 2 is 2.00 bits per heavy atom. The monoisotopic (exact) mass is 440 g/mol. The average molecular weight is 441 g/mol. The third-order valence-electron chi connectivity index (χ3n) is 4.42. The van der Waals surface area contributed by atoms with Crippen molar-refractivity contribution in [3.05, 3.63) is 47.0 Å². The molecule has 0 N–H and O–H groups in total. The van der Waals surface area contributed by atoms with Gasteiger partial charge in [0.05, 0.1) is 17.3 Å². The van der Waals surface area contributed by atoms with E-state index in [-0.39, 0.29) is 9.92 Å². The molecular weight excluding hydrogens is 416 g/mol. The number of anilines is 1. The van der Waals surface area contributed by atoms with E-state index in [2.05, 4.69) is 4.90 Å². The fraction of sp³-hybridized carbons (Fsp3) is 0.400. The van der Waals surface area contributed by atoms with Crippen LogP contribution in [0.4, 0.5) is 5.69 Å². The highest BCUT2D eigenvalue weighted by Gasteiger charge is 2.31. The highest BCUT2D eigenvalue weighted by molar-refractivity contribution is 8.00. The van der Waals surface area contributed by atoms with E-state index in [1.54, 1.807) is 30.0 Å². The van der Waals surface area contributed by atoms with Crippen molar-refractivity contribution in [3.63, 3.8) is 0 Å². The van der Waals surface area contributed by atoms with Crippen molar-refractivity contribution in [2.24, 2.45) is 0 Å². The van der Waals surface area contributed by atoms with Crippen LogP contribution in [0.2, 0.25) is 5.02 Å². The molecule has 0 saturated heterocycles. The van der Waals surface area contributed by atoms with Crippen LogP contribution >= 0.6 is 23.4 Å². The highest BCUT2D eigenvalue weighted by atomic mass is 35.5. The normalized spacial score (nSPS) is 14.2. The Balaban J connectivity index is 1.88. The first-order valence-corrected chi connectivity index (χ1v) is 11.9. The number of sulfonamides is 1. The summed E-state index contributed by atoms with van der Waals surface area (Å²) in [7, 11) is 0.296. The molecule has 0 spiro atoms. The van der Waals surface area contributed by atoms with Gasteiger partial charge in [-0.1, -0.05) is 17.7 Å². The largest absolute Gasteiger partial charge is 0.493 e. The Bertz CT molecular complexity index is 948. The third kappa shape index (κ3) is 4.76. The molecule has 0 amide bonds. The van der Waals surface area contributed by atoms with Crippen molar-refractivity contribution >= 4 is 39.1 Å². The van der Waals surface area contributed by atoms with Crippen molar-refractivity contribution in [2.75, 3.05) is 43.8 Å². The second-order valence-electron chi connectivity index (χ2n) is 6.99. The van der Waals surface area contributed by atoms with E-state index in [0.29, 0.717) is 30.3 Å². The lowest BCUT2D eigenvalue weighted by molar-refractivity contribution is 0.281. The summed E-state index contributed by atoms with van der Waals surface area (Å²) in [6.45, 7) is 3.80. The van der Waals surface area contributed by atoms with Crippen LogP contribution in [0.1, 0.15) is 12.0 Å². The van der Waals surface area contributed by atoms with E-state index in [1.807, 2.05) is 39.2 Å². The smallest absolute Gasteiger partial charge is 0.265 e. The number of hydrogen-bond donors (Lipinski definition) is 0. The van der Waals surface area contributed by atoms with Gasteiger partial charge >= 0.3 is 0 Å². The van der Waals surface area contributed by atoms with Crippen LogP contribution in [0.15, 0.2) is 46.2 Å². The van der Waals surface area contributed by atoms with Crippen molar-refractivity contribution < 1.29 is 13.2 Å². The van der Waals surface area contributed by atoms with Crippen molar-refractivity contribution in [3.8, 4) is 5.75 Å². The second-order valence-corrected chi connectivity index (χ2v) is 10.4. The van der Waals surface area contributed by atoms with Gasteiger partial charge in [0.15, 0.2) is 0 Å². The summed E-state index contributed by atoms with van der Waals surface area (Å²) < 4.78 is 33.9. The van der Waals surface area contributed by atoms with Crippen LogP contribution in [0.25, 0.3) is 0 Å². The Hall–Kier alpha value is -1.41. The van der Waals surface area contributed by atoms with Gasteiger partial charge in [0.1, 0.15) is 10.6 Å². The van der Waals surface area contributed by atoms with Crippen molar-refractivity contribution in [1.29, 1.82) is 0 Å². The van der Waals surface area contributed by atoms with E-state index in [0.717, 1.165) is 23.4 Å². The summed E-state index contributed by atoms with van der Waals surface area (Å²) in [5.74, 6) is 1.37. The van der Waals surface area contributed by atoms with Crippen LogP contribution in [0.3, 0.4) is 0 Å². The summed E-state index contributed by atoms with van der Waals surface area (Å²) >= 11 is 7.91. The number of nitrogens with zero attached hydrogens (tertiary/aromatic N) is 2. The first kappa shape index (κ1) is 21.3. The molecule has 0 radical (unpaired) electrons. The molecule has 0 atom stereocenters. The van der Waals surface area contributed by atoms with Crippen LogP contribution in [0.5, 0.6) is 5.75 Å². The van der Waals surface area contributed by atoms with Gasteiger partial charge in [-0.2, -0.15) is 0 Å². The number of fused-ring (bicyclic) bond motifs is 1. The van der Waals surface area contributed by atoms with Crippen molar-refractivity contribution in [2.45, 2.75) is 23.1 Å². The molecule has 0 saturated carbocycles. The summed E-state index contributed by atoms with van der Waals surface area (Å²) in [5.41, 5.74) is 1.57. The molecule has 0 fully saturated rings. The Labute approximate surface area is 176 Å². The lowest BCUT2D eigenvalue weighted by Gasteiger charge is -2.30. The molecule has 28 heavy (non-hydrogen) atoms. The minimum absolute atomic E-state index is 0.134. The molecule has 5 nitrogen and oxygen atoms in total. The number of benzene rings is 2. The summed E-state index contributed by atoms with van der Waals surface area (Å²) in [6.07, 6.45) is 0.903. The first-order chi connectivity index (χ1) is 13.3. The van der Waals surface area contributed by atoms with E-state index < -0.39 is 10.0 Å². The van der Waals surface area contributed by atoms with Gasteiger partial charge in [0.25, 0.3) is 10.0 Å². The summed E-state index contributed by atoms with van der Waals surface area (Å²) in [4.78, 5) is 3.17. The highest BCUT2D eigenvalue weighted by Crippen LogP contribution is 2.40. The van der Waals surface area contributed by atoms with Crippen molar-refractivity contribution in [1.82, 2.24) is 4.90 Å². The van der Waals surface area contributed by atoms with E-state index in [4.69, 9.17) is 16.3 Å². The predicted molar refractivity (Wildman–Crippen MR) is 117 cm³/mol. The minimum Gasteiger partial charge on any atom is -0.493 e. The molecule has 3 rings (SSSR count). The molecule has 0 bridgehead atoms. The van der Waals surface area contributed by atoms with Gasteiger partial charge in [-0.05, 0) is 57.3 Å². The molecule has 152 valence electrons. The number of rotatable bonds is 7. The zero-order chi connectivity index (χ0) is 20.3. The molecule has 0 aromatic heterocycles. The lowest BCUT2D eigenvalue weighted by Crippen LogP contribution is -2.35. The van der Waals surface area contributed by atoms with Gasteiger partial charge in [-0.3, -0.25) is 4.31 Å². The Kier molecular flexibility index (Phi) is 6.81. The van der Waals surface area contributed by atoms with Gasteiger partial charge < -0.3 is 9.64 Å². The maximum atomic E-state index is 13.3. The summed E-state index contributed by atoms with van der Waals surface area (Å²) in [5, 5.41) is 0.246. The molecular formula is C20H25ClN2O3S2. The Morgan fingerprint density at radius 1 is 1.21 bits per heavy atom.